The molecule has 112 valence electrons. The van der Waals surface area contributed by atoms with Gasteiger partial charge < -0.3 is 10.2 Å². The van der Waals surface area contributed by atoms with E-state index in [0.29, 0.717) is 24.9 Å². The van der Waals surface area contributed by atoms with Gasteiger partial charge in [-0.25, -0.2) is 4.98 Å². The second-order valence-electron chi connectivity index (χ2n) is 5.06. The molecule has 0 saturated carbocycles. The number of anilines is 1. The molecule has 0 radical (unpaired) electrons. The van der Waals surface area contributed by atoms with Gasteiger partial charge in [-0.1, -0.05) is 12.5 Å². The summed E-state index contributed by atoms with van der Waals surface area (Å²) in [5.74, 6) is 0.398. The van der Waals surface area contributed by atoms with Crippen LogP contribution < -0.4 is 10.2 Å². The fraction of sp³-hybridized carbons (Fsp3) is 0.643. The molecule has 2 heterocycles. The standard InChI is InChI=1S/C14H20F3N3/c1-2-20(10-11-6-3-4-9-18-11)13-8-5-7-12(19-13)14(15,16)17/h5,7-8,11,18H,2-4,6,9-10H2,1H3. The summed E-state index contributed by atoms with van der Waals surface area (Å²) in [5, 5.41) is 3.41. The van der Waals surface area contributed by atoms with Crippen LogP contribution in [0.2, 0.25) is 0 Å². The molecule has 0 aromatic carbocycles. The van der Waals surface area contributed by atoms with Crippen molar-refractivity contribution in [2.75, 3.05) is 24.5 Å². The minimum atomic E-state index is -4.39. The van der Waals surface area contributed by atoms with Gasteiger partial charge in [0, 0.05) is 19.1 Å². The molecule has 0 aliphatic carbocycles. The van der Waals surface area contributed by atoms with Crippen LogP contribution in [-0.4, -0.2) is 30.7 Å². The molecular weight excluding hydrogens is 267 g/mol. The van der Waals surface area contributed by atoms with Gasteiger partial charge in [0.15, 0.2) is 0 Å². The molecular formula is C14H20F3N3. The Bertz CT molecular complexity index is 428. The summed E-state index contributed by atoms with van der Waals surface area (Å²) in [4.78, 5) is 5.65. The summed E-state index contributed by atoms with van der Waals surface area (Å²) in [6, 6.07) is 4.40. The Morgan fingerprint density at radius 1 is 1.35 bits per heavy atom. The van der Waals surface area contributed by atoms with Gasteiger partial charge in [0.05, 0.1) is 0 Å². The Hall–Kier alpha value is -1.30. The van der Waals surface area contributed by atoms with Gasteiger partial charge in [-0.05, 0) is 38.4 Å². The minimum absolute atomic E-state index is 0.333. The van der Waals surface area contributed by atoms with Crippen molar-refractivity contribution in [3.63, 3.8) is 0 Å². The van der Waals surface area contributed by atoms with Crippen LogP contribution in [0.25, 0.3) is 0 Å². The molecule has 1 aromatic rings. The van der Waals surface area contributed by atoms with Crippen LogP contribution in [0.1, 0.15) is 31.9 Å². The summed E-state index contributed by atoms with van der Waals surface area (Å²) in [6.45, 7) is 4.26. The Balaban J connectivity index is 2.10. The number of alkyl halides is 3. The normalized spacial score (nSPS) is 19.9. The Morgan fingerprint density at radius 2 is 2.15 bits per heavy atom. The fourth-order valence-corrected chi connectivity index (χ4v) is 2.49. The first-order valence-electron chi connectivity index (χ1n) is 7.03. The number of pyridine rings is 1. The molecule has 1 aliphatic heterocycles. The fourth-order valence-electron chi connectivity index (χ4n) is 2.49. The number of likely N-dealkylation sites (N-methyl/N-ethyl adjacent to an activating group) is 1. The molecule has 2 rings (SSSR count). The predicted octanol–water partition coefficient (Wildman–Crippen LogP) is 3.07. The van der Waals surface area contributed by atoms with Gasteiger partial charge in [-0.15, -0.1) is 0 Å². The van der Waals surface area contributed by atoms with E-state index in [2.05, 4.69) is 10.3 Å². The molecule has 1 atom stereocenters. The second-order valence-corrected chi connectivity index (χ2v) is 5.06. The maximum atomic E-state index is 12.7. The molecule has 0 bridgehead atoms. The van der Waals surface area contributed by atoms with Gasteiger partial charge in [0.2, 0.25) is 0 Å². The summed E-state index contributed by atoms with van der Waals surface area (Å²) in [6.07, 6.45) is -0.982. The molecule has 1 N–H and O–H groups in total. The van der Waals surface area contributed by atoms with E-state index in [1.165, 1.54) is 18.9 Å². The van der Waals surface area contributed by atoms with Crippen molar-refractivity contribution in [1.29, 1.82) is 0 Å². The lowest BCUT2D eigenvalue weighted by atomic mass is 10.0. The highest BCUT2D eigenvalue weighted by atomic mass is 19.4. The third-order valence-corrected chi connectivity index (χ3v) is 3.58. The molecule has 6 heteroatoms. The molecule has 1 fully saturated rings. The average molecular weight is 287 g/mol. The summed E-state index contributed by atoms with van der Waals surface area (Å²) < 4.78 is 38.1. The third kappa shape index (κ3) is 3.85. The zero-order valence-electron chi connectivity index (χ0n) is 11.6. The van der Waals surface area contributed by atoms with E-state index in [0.717, 1.165) is 19.0 Å². The van der Waals surface area contributed by atoms with Crippen LogP contribution in [0.4, 0.5) is 19.0 Å². The van der Waals surface area contributed by atoms with Crippen molar-refractivity contribution < 1.29 is 13.2 Å². The van der Waals surface area contributed by atoms with Crippen LogP contribution in [0, 0.1) is 0 Å². The van der Waals surface area contributed by atoms with E-state index in [9.17, 15) is 13.2 Å². The number of halogens is 3. The highest BCUT2D eigenvalue weighted by Crippen LogP contribution is 2.29. The van der Waals surface area contributed by atoms with Crippen LogP contribution >= 0.6 is 0 Å². The maximum absolute atomic E-state index is 12.7. The zero-order chi connectivity index (χ0) is 14.6. The van der Waals surface area contributed by atoms with Crippen LogP contribution in [0.5, 0.6) is 0 Å². The topological polar surface area (TPSA) is 28.2 Å². The van der Waals surface area contributed by atoms with Crippen LogP contribution in [-0.2, 0) is 6.18 Å². The number of nitrogens with one attached hydrogen (secondary N) is 1. The van der Waals surface area contributed by atoms with Gasteiger partial charge in [0.25, 0.3) is 0 Å². The SMILES string of the molecule is CCN(CC1CCCCN1)c1cccc(C(F)(F)F)n1. The highest BCUT2D eigenvalue weighted by molar-refractivity contribution is 5.39. The summed E-state index contributed by atoms with van der Waals surface area (Å²) in [7, 11) is 0. The number of hydrogen-bond acceptors (Lipinski definition) is 3. The molecule has 1 saturated heterocycles. The highest BCUT2D eigenvalue weighted by Gasteiger charge is 2.32. The van der Waals surface area contributed by atoms with E-state index < -0.39 is 11.9 Å². The van der Waals surface area contributed by atoms with E-state index >= 15 is 0 Å². The van der Waals surface area contributed by atoms with E-state index in [4.69, 9.17) is 0 Å². The minimum Gasteiger partial charge on any atom is -0.355 e. The first-order chi connectivity index (χ1) is 9.50. The molecule has 20 heavy (non-hydrogen) atoms. The van der Waals surface area contributed by atoms with Gasteiger partial charge in [0.1, 0.15) is 11.5 Å². The van der Waals surface area contributed by atoms with Gasteiger partial charge in [-0.3, -0.25) is 0 Å². The van der Waals surface area contributed by atoms with Crippen molar-refractivity contribution in [3.8, 4) is 0 Å². The predicted molar refractivity (Wildman–Crippen MR) is 72.8 cm³/mol. The second kappa shape index (κ2) is 6.43. The quantitative estimate of drug-likeness (QED) is 0.922. The lowest BCUT2D eigenvalue weighted by Crippen LogP contribution is -2.44. The van der Waals surface area contributed by atoms with Crippen molar-refractivity contribution >= 4 is 5.82 Å². The smallest absolute Gasteiger partial charge is 0.355 e. The largest absolute Gasteiger partial charge is 0.433 e. The zero-order valence-corrected chi connectivity index (χ0v) is 11.6. The van der Waals surface area contributed by atoms with Gasteiger partial charge in [-0.2, -0.15) is 13.2 Å². The third-order valence-electron chi connectivity index (χ3n) is 3.58. The maximum Gasteiger partial charge on any atom is 0.433 e. The summed E-state index contributed by atoms with van der Waals surface area (Å²) >= 11 is 0. The Morgan fingerprint density at radius 3 is 2.75 bits per heavy atom. The first kappa shape index (κ1) is 15.1. The number of hydrogen-bond donors (Lipinski definition) is 1. The molecule has 3 nitrogen and oxygen atoms in total. The Kier molecular flexibility index (Phi) is 4.86. The number of nitrogens with zero attached hydrogens (tertiary/aromatic N) is 2. The molecule has 1 aliphatic rings. The lowest BCUT2D eigenvalue weighted by Gasteiger charge is -2.30. The van der Waals surface area contributed by atoms with E-state index in [-0.39, 0.29) is 0 Å². The van der Waals surface area contributed by atoms with E-state index in [1.54, 1.807) is 6.07 Å². The number of aromatic nitrogens is 1. The van der Waals surface area contributed by atoms with E-state index in [1.807, 2.05) is 11.8 Å². The molecule has 0 spiro atoms. The van der Waals surface area contributed by atoms with Crippen molar-refractivity contribution in [2.45, 2.75) is 38.4 Å². The van der Waals surface area contributed by atoms with Crippen molar-refractivity contribution in [1.82, 2.24) is 10.3 Å². The molecule has 1 unspecified atom stereocenters. The average Bonchev–Trinajstić information content (AvgIpc) is 2.45. The number of rotatable bonds is 4. The number of piperidine rings is 1. The lowest BCUT2D eigenvalue weighted by molar-refractivity contribution is -0.141. The van der Waals surface area contributed by atoms with Crippen molar-refractivity contribution in [2.24, 2.45) is 0 Å². The monoisotopic (exact) mass is 287 g/mol. The molecule has 0 amide bonds. The first-order valence-corrected chi connectivity index (χ1v) is 7.03. The van der Waals surface area contributed by atoms with Crippen LogP contribution in [0.15, 0.2) is 18.2 Å². The summed E-state index contributed by atoms with van der Waals surface area (Å²) in [5.41, 5.74) is -0.829. The van der Waals surface area contributed by atoms with Crippen molar-refractivity contribution in [3.05, 3.63) is 23.9 Å². The van der Waals surface area contributed by atoms with Crippen LogP contribution in [0.3, 0.4) is 0 Å². The van der Waals surface area contributed by atoms with Gasteiger partial charge >= 0.3 is 6.18 Å². The molecule has 1 aromatic heterocycles. The Labute approximate surface area is 117 Å².